The molecule has 192 valence electrons. The summed E-state index contributed by atoms with van der Waals surface area (Å²) in [5.41, 5.74) is 3.75. The molecule has 2 amide bonds. The van der Waals surface area contributed by atoms with E-state index in [1.807, 2.05) is 59.4 Å². The van der Waals surface area contributed by atoms with Gasteiger partial charge in [0.25, 0.3) is 0 Å². The van der Waals surface area contributed by atoms with Crippen molar-refractivity contribution in [2.24, 2.45) is 23.2 Å². The van der Waals surface area contributed by atoms with Crippen LogP contribution in [0.1, 0.15) is 56.6 Å². The molecule has 0 unspecified atom stereocenters. The normalized spacial score (nSPS) is 26.6. The highest BCUT2D eigenvalue weighted by Gasteiger charge is 2.54. The average Bonchev–Trinajstić information content (AvgIpc) is 3.30. The van der Waals surface area contributed by atoms with E-state index >= 15 is 0 Å². The molecular weight excluding hydrogens is 460 g/mol. The van der Waals surface area contributed by atoms with Gasteiger partial charge in [-0.05, 0) is 68.8 Å². The maximum absolute atomic E-state index is 13.4. The van der Waals surface area contributed by atoms with Crippen molar-refractivity contribution in [2.45, 2.75) is 64.6 Å². The van der Waals surface area contributed by atoms with E-state index in [4.69, 9.17) is 5.10 Å². The zero-order chi connectivity index (χ0) is 25.4. The van der Waals surface area contributed by atoms with Gasteiger partial charge < -0.3 is 10.6 Å². The Labute approximate surface area is 218 Å². The predicted octanol–water partition coefficient (Wildman–Crippen LogP) is 4.94. The number of benzene rings is 2. The largest absolute Gasteiger partial charge is 0.350 e. The molecule has 0 saturated heterocycles. The second-order valence-electron chi connectivity index (χ2n) is 11.7. The van der Waals surface area contributed by atoms with Gasteiger partial charge in [-0.1, -0.05) is 60.7 Å². The molecule has 2 N–H and O–H groups in total. The molecule has 37 heavy (non-hydrogen) atoms. The monoisotopic (exact) mass is 496 g/mol. The van der Waals surface area contributed by atoms with E-state index in [1.54, 1.807) is 6.92 Å². The fourth-order valence-electron chi connectivity index (χ4n) is 7.42. The van der Waals surface area contributed by atoms with Crippen molar-refractivity contribution in [1.29, 1.82) is 0 Å². The molecule has 4 fully saturated rings. The Hall–Kier alpha value is -3.41. The zero-order valence-corrected chi connectivity index (χ0v) is 21.5. The highest BCUT2D eigenvalue weighted by Crippen LogP contribution is 2.60. The fourth-order valence-corrected chi connectivity index (χ4v) is 7.42. The van der Waals surface area contributed by atoms with Crippen molar-refractivity contribution in [2.75, 3.05) is 0 Å². The quantitative estimate of drug-likeness (QED) is 0.464. The van der Waals surface area contributed by atoms with Crippen molar-refractivity contribution < 1.29 is 9.59 Å². The number of nitrogens with one attached hydrogen (secondary N) is 2. The lowest BCUT2D eigenvalue weighted by atomic mass is 9.49. The molecule has 1 heterocycles. The van der Waals surface area contributed by atoms with Crippen molar-refractivity contribution in [3.63, 3.8) is 0 Å². The fraction of sp³-hybridized carbons (Fsp3) is 0.452. The van der Waals surface area contributed by atoms with E-state index in [2.05, 4.69) is 22.8 Å². The number of hydrogen-bond donors (Lipinski definition) is 2. The second kappa shape index (κ2) is 9.81. The number of nitrogens with zero attached hydrogens (tertiary/aromatic N) is 2. The third-order valence-corrected chi connectivity index (χ3v) is 8.79. The van der Waals surface area contributed by atoms with E-state index in [-0.39, 0.29) is 17.2 Å². The van der Waals surface area contributed by atoms with Gasteiger partial charge in [0.1, 0.15) is 6.04 Å². The van der Waals surface area contributed by atoms with E-state index in [0.717, 1.165) is 36.1 Å². The molecule has 3 aromatic rings. The topological polar surface area (TPSA) is 76.0 Å². The molecule has 4 aliphatic rings. The van der Waals surface area contributed by atoms with Crippen LogP contribution in [0.2, 0.25) is 0 Å². The molecule has 2 aromatic carbocycles. The average molecular weight is 497 g/mol. The second-order valence-corrected chi connectivity index (χ2v) is 11.7. The minimum Gasteiger partial charge on any atom is -0.350 e. The van der Waals surface area contributed by atoms with Crippen LogP contribution >= 0.6 is 0 Å². The Balaban J connectivity index is 1.12. The van der Waals surface area contributed by atoms with E-state index in [9.17, 15) is 9.59 Å². The smallest absolute Gasteiger partial charge is 0.242 e. The first kappa shape index (κ1) is 24.0. The summed E-state index contributed by atoms with van der Waals surface area (Å²) in [7, 11) is 0. The minimum absolute atomic E-state index is 0.0925. The van der Waals surface area contributed by atoms with Crippen LogP contribution in [0.25, 0.3) is 11.3 Å². The van der Waals surface area contributed by atoms with Crippen molar-refractivity contribution in [1.82, 2.24) is 20.4 Å². The number of hydrogen-bond acceptors (Lipinski definition) is 3. The molecule has 4 saturated carbocycles. The van der Waals surface area contributed by atoms with Crippen LogP contribution in [0, 0.1) is 23.2 Å². The van der Waals surface area contributed by atoms with Crippen LogP contribution in [0.15, 0.2) is 66.9 Å². The van der Waals surface area contributed by atoms with Gasteiger partial charge in [-0.15, -0.1) is 0 Å². The Bertz CT molecular complexity index is 1230. The molecule has 7 rings (SSSR count). The third kappa shape index (κ3) is 4.94. The summed E-state index contributed by atoms with van der Waals surface area (Å²) < 4.78 is 1.93. The van der Waals surface area contributed by atoms with Crippen LogP contribution in [0.4, 0.5) is 0 Å². The van der Waals surface area contributed by atoms with Gasteiger partial charge in [0, 0.05) is 29.3 Å². The lowest BCUT2D eigenvalue weighted by molar-refractivity contribution is -0.148. The van der Waals surface area contributed by atoms with Crippen molar-refractivity contribution >= 4 is 11.8 Å². The molecule has 4 aliphatic carbocycles. The summed E-state index contributed by atoms with van der Waals surface area (Å²) in [5.74, 6) is 2.03. The van der Waals surface area contributed by atoms with Crippen LogP contribution < -0.4 is 10.6 Å². The van der Waals surface area contributed by atoms with E-state index in [1.165, 1.54) is 24.8 Å². The summed E-state index contributed by atoms with van der Waals surface area (Å²) >= 11 is 0. The third-order valence-electron chi connectivity index (χ3n) is 8.79. The number of carbonyl (C=O) groups is 2. The first-order valence-electron chi connectivity index (χ1n) is 13.7. The van der Waals surface area contributed by atoms with Gasteiger partial charge in [-0.25, -0.2) is 0 Å². The van der Waals surface area contributed by atoms with Gasteiger partial charge in [0.2, 0.25) is 11.8 Å². The lowest BCUT2D eigenvalue weighted by Gasteiger charge is -2.55. The van der Waals surface area contributed by atoms with E-state index < -0.39 is 6.04 Å². The highest BCUT2D eigenvalue weighted by atomic mass is 16.2. The lowest BCUT2D eigenvalue weighted by Crippen LogP contribution is -2.56. The Kier molecular flexibility index (Phi) is 6.35. The highest BCUT2D eigenvalue weighted by molar-refractivity contribution is 5.90. The molecular formula is C31H36N4O2. The first-order chi connectivity index (χ1) is 18.0. The molecule has 4 bridgehead atoms. The standard InChI is InChI=1S/C31H36N4O2/c1-21(33-30(37)31-15-23-12-24(16-31)14-25(13-23)17-31)29(36)32-18-27-20-35(19-22-8-4-2-5-9-22)34-28(27)26-10-6-3-7-11-26/h2-11,20-21,23-25H,12-19H2,1H3,(H,32,36)(H,33,37)/t21-,23?,24?,25?,31?/m0/s1. The van der Waals surface area contributed by atoms with Crippen molar-refractivity contribution in [3.8, 4) is 11.3 Å². The molecule has 1 atom stereocenters. The Morgan fingerprint density at radius 2 is 1.54 bits per heavy atom. The molecule has 0 spiro atoms. The zero-order valence-electron chi connectivity index (χ0n) is 21.5. The maximum Gasteiger partial charge on any atom is 0.242 e. The molecule has 0 aliphatic heterocycles. The predicted molar refractivity (Wildman–Crippen MR) is 143 cm³/mol. The molecule has 6 nitrogen and oxygen atoms in total. The number of aromatic nitrogens is 2. The summed E-state index contributed by atoms with van der Waals surface area (Å²) in [6, 6.07) is 19.7. The Morgan fingerprint density at radius 1 is 0.946 bits per heavy atom. The molecule has 6 heteroatoms. The number of rotatable bonds is 8. The maximum atomic E-state index is 13.4. The van der Waals surface area contributed by atoms with Crippen LogP contribution in [0.5, 0.6) is 0 Å². The summed E-state index contributed by atoms with van der Waals surface area (Å²) in [6.07, 6.45) is 8.90. The summed E-state index contributed by atoms with van der Waals surface area (Å²) in [5, 5.41) is 11.0. The van der Waals surface area contributed by atoms with Crippen LogP contribution in [-0.2, 0) is 22.7 Å². The minimum atomic E-state index is -0.569. The van der Waals surface area contributed by atoms with Crippen LogP contribution in [-0.4, -0.2) is 27.6 Å². The van der Waals surface area contributed by atoms with Gasteiger partial charge >= 0.3 is 0 Å². The summed E-state index contributed by atoms with van der Waals surface area (Å²) in [4.78, 5) is 26.5. The first-order valence-corrected chi connectivity index (χ1v) is 13.7. The Morgan fingerprint density at radius 3 is 2.16 bits per heavy atom. The van der Waals surface area contributed by atoms with E-state index in [0.29, 0.717) is 30.8 Å². The molecule has 0 radical (unpaired) electrons. The van der Waals surface area contributed by atoms with Gasteiger partial charge in [-0.3, -0.25) is 14.3 Å². The SMILES string of the molecule is C[C@H](NC(=O)C12CC3CC(CC(C3)C1)C2)C(=O)NCc1cn(Cc2ccccc2)nc1-c1ccccc1. The molecule has 1 aromatic heterocycles. The van der Waals surface area contributed by atoms with Gasteiger partial charge in [0.05, 0.1) is 12.2 Å². The van der Waals surface area contributed by atoms with Crippen LogP contribution in [0.3, 0.4) is 0 Å². The summed E-state index contributed by atoms with van der Waals surface area (Å²) in [6.45, 7) is 2.81. The van der Waals surface area contributed by atoms with Gasteiger partial charge in [-0.2, -0.15) is 5.10 Å². The van der Waals surface area contributed by atoms with Crippen molar-refractivity contribution in [3.05, 3.63) is 78.0 Å². The number of amides is 2. The van der Waals surface area contributed by atoms with Gasteiger partial charge in [0.15, 0.2) is 0 Å². The number of carbonyl (C=O) groups excluding carboxylic acids is 2.